The molecule has 2 aromatic rings. The Kier molecular flexibility index (Phi) is 3.35. The van der Waals surface area contributed by atoms with Gasteiger partial charge in [-0.25, -0.2) is 0 Å². The summed E-state index contributed by atoms with van der Waals surface area (Å²) in [5.41, 5.74) is 2.70. The van der Waals surface area contributed by atoms with Crippen LogP contribution in [0.25, 0.3) is 10.8 Å². The van der Waals surface area contributed by atoms with Crippen molar-refractivity contribution in [2.75, 3.05) is 13.7 Å². The molecule has 1 aliphatic carbocycles. The van der Waals surface area contributed by atoms with Crippen molar-refractivity contribution in [1.29, 1.82) is 0 Å². The van der Waals surface area contributed by atoms with Gasteiger partial charge in [-0.15, -0.1) is 0 Å². The number of methoxy groups -OCH3 is 1. The van der Waals surface area contributed by atoms with Crippen molar-refractivity contribution >= 4 is 16.7 Å². The Morgan fingerprint density at radius 1 is 1.35 bits per heavy atom. The van der Waals surface area contributed by atoms with Gasteiger partial charge in [-0.1, -0.05) is 24.3 Å². The minimum absolute atomic E-state index is 0.0330. The molecule has 1 atom stereocenters. The van der Waals surface area contributed by atoms with Gasteiger partial charge in [0.2, 0.25) is 5.91 Å². The topological polar surface area (TPSA) is 38.3 Å². The van der Waals surface area contributed by atoms with Crippen LogP contribution in [-0.4, -0.2) is 19.6 Å². The number of hydrogen-bond donors (Lipinski definition) is 1. The second kappa shape index (κ2) is 5.16. The van der Waals surface area contributed by atoms with Gasteiger partial charge in [-0.05, 0) is 41.2 Å². The number of benzene rings is 2. The zero-order chi connectivity index (χ0) is 14.1. The Balaban J connectivity index is 1.97. The van der Waals surface area contributed by atoms with Crippen LogP contribution in [0.2, 0.25) is 0 Å². The summed E-state index contributed by atoms with van der Waals surface area (Å²) >= 11 is 0. The van der Waals surface area contributed by atoms with E-state index in [1.54, 1.807) is 14.0 Å². The minimum atomic E-state index is 0.0330. The van der Waals surface area contributed by atoms with E-state index in [1.165, 1.54) is 21.9 Å². The van der Waals surface area contributed by atoms with Crippen LogP contribution in [0.1, 0.15) is 30.4 Å². The standard InChI is InChI=1S/C17H19NO2/c1-11(19)18-9-8-14-10-13-5-3-4-12-6-7-15(20-2)17(14)16(12)13/h3-7,14H,8-10H2,1-2H3,(H,18,19)/t14-/m0/s1. The van der Waals surface area contributed by atoms with Gasteiger partial charge in [0.05, 0.1) is 7.11 Å². The average Bonchev–Trinajstić information content (AvgIpc) is 2.80. The molecular formula is C17H19NO2. The van der Waals surface area contributed by atoms with Crippen molar-refractivity contribution in [2.24, 2.45) is 0 Å². The summed E-state index contributed by atoms with van der Waals surface area (Å²) < 4.78 is 5.55. The largest absolute Gasteiger partial charge is 0.496 e. The molecule has 104 valence electrons. The van der Waals surface area contributed by atoms with Crippen LogP contribution in [0.15, 0.2) is 30.3 Å². The maximum absolute atomic E-state index is 11.0. The predicted octanol–water partition coefficient (Wildman–Crippen LogP) is 3.01. The van der Waals surface area contributed by atoms with Crippen LogP contribution in [0.3, 0.4) is 0 Å². The predicted molar refractivity (Wildman–Crippen MR) is 80.2 cm³/mol. The molecule has 0 unspecified atom stereocenters. The van der Waals surface area contributed by atoms with Crippen molar-refractivity contribution in [1.82, 2.24) is 5.32 Å². The molecule has 3 rings (SSSR count). The van der Waals surface area contributed by atoms with Gasteiger partial charge in [-0.3, -0.25) is 4.79 Å². The maximum Gasteiger partial charge on any atom is 0.216 e. The van der Waals surface area contributed by atoms with E-state index in [4.69, 9.17) is 4.74 Å². The summed E-state index contributed by atoms with van der Waals surface area (Å²) in [6.45, 7) is 2.28. The van der Waals surface area contributed by atoms with Gasteiger partial charge in [0.1, 0.15) is 5.75 Å². The first-order valence-electron chi connectivity index (χ1n) is 7.03. The molecule has 0 radical (unpaired) electrons. The third-order valence-corrected chi connectivity index (χ3v) is 4.09. The maximum atomic E-state index is 11.0. The highest BCUT2D eigenvalue weighted by atomic mass is 16.5. The van der Waals surface area contributed by atoms with E-state index in [0.29, 0.717) is 12.5 Å². The van der Waals surface area contributed by atoms with E-state index < -0.39 is 0 Å². The molecule has 20 heavy (non-hydrogen) atoms. The van der Waals surface area contributed by atoms with Gasteiger partial charge in [0.25, 0.3) is 0 Å². The first-order valence-corrected chi connectivity index (χ1v) is 7.03. The van der Waals surface area contributed by atoms with Crippen molar-refractivity contribution in [2.45, 2.75) is 25.7 Å². The van der Waals surface area contributed by atoms with Gasteiger partial charge < -0.3 is 10.1 Å². The fourth-order valence-electron chi connectivity index (χ4n) is 3.26. The van der Waals surface area contributed by atoms with Gasteiger partial charge in [-0.2, -0.15) is 0 Å². The molecule has 0 aromatic heterocycles. The zero-order valence-corrected chi connectivity index (χ0v) is 11.9. The van der Waals surface area contributed by atoms with Gasteiger partial charge in [0.15, 0.2) is 0 Å². The number of hydrogen-bond acceptors (Lipinski definition) is 2. The summed E-state index contributed by atoms with van der Waals surface area (Å²) in [5, 5.41) is 5.51. The molecule has 1 amide bonds. The molecule has 0 spiro atoms. The molecule has 0 aliphatic heterocycles. The molecule has 3 nitrogen and oxygen atoms in total. The lowest BCUT2D eigenvalue weighted by molar-refractivity contribution is -0.118. The molecule has 0 bridgehead atoms. The van der Waals surface area contributed by atoms with E-state index in [0.717, 1.165) is 18.6 Å². The third kappa shape index (κ3) is 2.13. The Bertz CT molecular complexity index is 663. The van der Waals surface area contributed by atoms with Crippen LogP contribution in [0.4, 0.5) is 0 Å². The Hall–Kier alpha value is -2.03. The molecule has 3 heteroatoms. The first kappa shape index (κ1) is 13.0. The summed E-state index contributed by atoms with van der Waals surface area (Å²) in [7, 11) is 1.73. The number of rotatable bonds is 4. The Morgan fingerprint density at radius 3 is 2.95 bits per heavy atom. The smallest absolute Gasteiger partial charge is 0.216 e. The Labute approximate surface area is 118 Å². The van der Waals surface area contributed by atoms with E-state index in [2.05, 4.69) is 35.6 Å². The highest BCUT2D eigenvalue weighted by molar-refractivity contribution is 5.93. The number of nitrogens with one attached hydrogen (secondary N) is 1. The summed E-state index contributed by atoms with van der Waals surface area (Å²) in [5.74, 6) is 1.43. The molecule has 1 aliphatic rings. The van der Waals surface area contributed by atoms with Crippen LogP contribution in [-0.2, 0) is 11.2 Å². The minimum Gasteiger partial charge on any atom is -0.496 e. The number of carbonyl (C=O) groups is 1. The highest BCUT2D eigenvalue weighted by Crippen LogP contribution is 2.44. The van der Waals surface area contributed by atoms with Crippen LogP contribution in [0, 0.1) is 0 Å². The molecule has 2 aromatic carbocycles. The van der Waals surface area contributed by atoms with Crippen molar-refractivity contribution < 1.29 is 9.53 Å². The lowest BCUT2D eigenvalue weighted by atomic mass is 9.95. The lowest BCUT2D eigenvalue weighted by Gasteiger charge is -2.15. The van der Waals surface area contributed by atoms with E-state index >= 15 is 0 Å². The first-order chi connectivity index (χ1) is 9.70. The summed E-state index contributed by atoms with van der Waals surface area (Å²) in [6.07, 6.45) is 1.98. The van der Waals surface area contributed by atoms with Crippen molar-refractivity contribution in [3.63, 3.8) is 0 Å². The van der Waals surface area contributed by atoms with E-state index in [9.17, 15) is 4.79 Å². The molecule has 0 saturated heterocycles. The lowest BCUT2D eigenvalue weighted by Crippen LogP contribution is -2.22. The fraction of sp³-hybridized carbons (Fsp3) is 0.353. The molecule has 0 fully saturated rings. The summed E-state index contributed by atoms with van der Waals surface area (Å²) in [6, 6.07) is 10.6. The van der Waals surface area contributed by atoms with Crippen molar-refractivity contribution in [3.8, 4) is 5.75 Å². The van der Waals surface area contributed by atoms with Crippen LogP contribution < -0.4 is 10.1 Å². The normalized spacial score (nSPS) is 16.4. The highest BCUT2D eigenvalue weighted by Gasteiger charge is 2.27. The Morgan fingerprint density at radius 2 is 2.20 bits per heavy atom. The molecule has 0 saturated carbocycles. The third-order valence-electron chi connectivity index (χ3n) is 4.09. The second-order valence-electron chi connectivity index (χ2n) is 5.37. The average molecular weight is 269 g/mol. The van der Waals surface area contributed by atoms with Crippen LogP contribution in [0.5, 0.6) is 5.75 Å². The SMILES string of the molecule is COc1ccc2cccc3c2c1[C@@H](CCNC(C)=O)C3. The van der Waals surface area contributed by atoms with Crippen LogP contribution >= 0.6 is 0 Å². The van der Waals surface area contributed by atoms with Gasteiger partial charge in [0, 0.05) is 19.0 Å². The molecule has 0 heterocycles. The summed E-state index contributed by atoms with van der Waals surface area (Å²) in [4.78, 5) is 11.0. The number of carbonyl (C=O) groups excluding carboxylic acids is 1. The monoisotopic (exact) mass is 269 g/mol. The number of amides is 1. The van der Waals surface area contributed by atoms with E-state index in [-0.39, 0.29) is 5.91 Å². The second-order valence-corrected chi connectivity index (χ2v) is 5.37. The molecular weight excluding hydrogens is 250 g/mol. The zero-order valence-electron chi connectivity index (χ0n) is 11.9. The van der Waals surface area contributed by atoms with Crippen molar-refractivity contribution in [3.05, 3.63) is 41.5 Å². The fourth-order valence-corrected chi connectivity index (χ4v) is 3.26. The van der Waals surface area contributed by atoms with Gasteiger partial charge >= 0.3 is 0 Å². The van der Waals surface area contributed by atoms with E-state index in [1.807, 2.05) is 0 Å². The molecule has 1 N–H and O–H groups in total. The quantitative estimate of drug-likeness (QED) is 0.926. The number of ether oxygens (including phenoxy) is 1.